The minimum atomic E-state index is -0.644. The van der Waals surface area contributed by atoms with E-state index in [2.05, 4.69) is 26.8 Å². The number of halogens is 1. The molecule has 6 nitrogen and oxygen atoms in total. The van der Waals surface area contributed by atoms with Crippen LogP contribution >= 0.6 is 15.9 Å². The first-order valence-electron chi connectivity index (χ1n) is 9.16. The third-order valence-corrected chi connectivity index (χ3v) is 4.76. The third-order valence-electron chi connectivity index (χ3n) is 4.23. The van der Waals surface area contributed by atoms with Crippen molar-refractivity contribution in [2.75, 3.05) is 6.61 Å². The van der Waals surface area contributed by atoms with Crippen molar-refractivity contribution in [1.82, 2.24) is 10.9 Å². The Kier molecular flexibility index (Phi) is 7.34. The fourth-order valence-electron chi connectivity index (χ4n) is 2.73. The summed E-state index contributed by atoms with van der Waals surface area (Å²) in [6, 6.07) is 23.5. The number of amides is 2. The lowest BCUT2D eigenvalue weighted by atomic mass is 10.00. The number of carbonyl (C=O) groups is 3. The third kappa shape index (κ3) is 6.02. The van der Waals surface area contributed by atoms with Gasteiger partial charge in [0.1, 0.15) is 0 Å². The van der Waals surface area contributed by atoms with Crippen molar-refractivity contribution >= 4 is 33.7 Å². The molecule has 152 valence electrons. The van der Waals surface area contributed by atoms with Gasteiger partial charge in [-0.25, -0.2) is 4.79 Å². The van der Waals surface area contributed by atoms with Crippen LogP contribution in [0.25, 0.3) is 0 Å². The van der Waals surface area contributed by atoms with E-state index >= 15 is 0 Å². The Labute approximate surface area is 182 Å². The summed E-state index contributed by atoms with van der Waals surface area (Å²) in [7, 11) is 0. The summed E-state index contributed by atoms with van der Waals surface area (Å²) in [5.74, 6) is -1.72. The summed E-state index contributed by atoms with van der Waals surface area (Å²) < 4.78 is 5.95. The molecule has 2 amide bonds. The second-order valence-electron chi connectivity index (χ2n) is 6.40. The molecule has 0 unspecified atom stereocenters. The summed E-state index contributed by atoms with van der Waals surface area (Å²) in [6.45, 7) is -0.515. The fraction of sp³-hybridized carbons (Fsp3) is 0.0870. The molecular formula is C23H19BrN2O4. The highest BCUT2D eigenvalue weighted by molar-refractivity contribution is 9.10. The van der Waals surface area contributed by atoms with Crippen LogP contribution in [0.3, 0.4) is 0 Å². The molecule has 0 aliphatic heterocycles. The monoisotopic (exact) mass is 466 g/mol. The molecular weight excluding hydrogens is 448 g/mol. The van der Waals surface area contributed by atoms with Gasteiger partial charge in [0, 0.05) is 10.0 Å². The van der Waals surface area contributed by atoms with Crippen molar-refractivity contribution in [3.05, 3.63) is 106 Å². The van der Waals surface area contributed by atoms with E-state index in [9.17, 15) is 14.4 Å². The first kappa shape index (κ1) is 21.3. The van der Waals surface area contributed by atoms with Crippen LogP contribution < -0.4 is 10.9 Å². The molecule has 3 rings (SSSR count). The molecule has 2 N–H and O–H groups in total. The van der Waals surface area contributed by atoms with E-state index in [0.29, 0.717) is 17.5 Å². The van der Waals surface area contributed by atoms with E-state index < -0.39 is 24.4 Å². The van der Waals surface area contributed by atoms with Crippen molar-refractivity contribution in [3.8, 4) is 0 Å². The zero-order valence-electron chi connectivity index (χ0n) is 15.9. The maximum atomic E-state index is 12.5. The number of carbonyl (C=O) groups excluding carboxylic acids is 3. The first-order valence-corrected chi connectivity index (χ1v) is 9.96. The Morgan fingerprint density at radius 1 is 0.800 bits per heavy atom. The molecule has 0 saturated carbocycles. The lowest BCUT2D eigenvalue weighted by molar-refractivity contribution is -0.125. The average molecular weight is 467 g/mol. The average Bonchev–Trinajstić information content (AvgIpc) is 2.77. The van der Waals surface area contributed by atoms with Gasteiger partial charge in [0.05, 0.1) is 5.56 Å². The number of rotatable bonds is 6. The van der Waals surface area contributed by atoms with Crippen LogP contribution in [0.4, 0.5) is 0 Å². The minimum absolute atomic E-state index is 0.380. The lowest BCUT2D eigenvalue weighted by Gasteiger charge is -2.11. The highest BCUT2D eigenvalue weighted by Gasteiger charge is 2.15. The molecule has 0 spiro atoms. The second-order valence-corrected chi connectivity index (χ2v) is 7.32. The maximum absolute atomic E-state index is 12.5. The normalized spacial score (nSPS) is 10.2. The molecule has 3 aromatic carbocycles. The number of nitrogens with one attached hydrogen (secondary N) is 2. The van der Waals surface area contributed by atoms with Gasteiger partial charge < -0.3 is 4.74 Å². The summed E-state index contributed by atoms with van der Waals surface area (Å²) in [6.07, 6.45) is 0.571. The first-order chi connectivity index (χ1) is 14.5. The molecule has 0 aromatic heterocycles. The second kappa shape index (κ2) is 10.4. The van der Waals surface area contributed by atoms with Gasteiger partial charge in [-0.15, -0.1) is 0 Å². The number of hydrogen-bond donors (Lipinski definition) is 2. The van der Waals surface area contributed by atoms with Crippen LogP contribution in [0, 0.1) is 0 Å². The number of ether oxygens (including phenoxy) is 1. The largest absolute Gasteiger partial charge is 0.452 e. The molecule has 0 radical (unpaired) electrons. The maximum Gasteiger partial charge on any atom is 0.338 e. The SMILES string of the molecule is O=C(COC(=O)c1ccccc1Cc1ccccc1)NNC(=O)c1ccc(Br)cc1. The van der Waals surface area contributed by atoms with Crippen LogP contribution in [0.5, 0.6) is 0 Å². The van der Waals surface area contributed by atoms with Gasteiger partial charge in [0.25, 0.3) is 11.8 Å². The Balaban J connectivity index is 1.52. The molecule has 0 bridgehead atoms. The Hall–Kier alpha value is -3.45. The van der Waals surface area contributed by atoms with E-state index in [1.54, 1.807) is 36.4 Å². The van der Waals surface area contributed by atoms with Crippen LogP contribution in [-0.2, 0) is 16.0 Å². The highest BCUT2D eigenvalue weighted by Crippen LogP contribution is 2.15. The van der Waals surface area contributed by atoms with E-state index in [4.69, 9.17) is 4.74 Å². The van der Waals surface area contributed by atoms with Crippen molar-refractivity contribution in [2.45, 2.75) is 6.42 Å². The molecule has 30 heavy (non-hydrogen) atoms. The lowest BCUT2D eigenvalue weighted by Crippen LogP contribution is -2.43. The molecule has 0 atom stereocenters. The molecule has 0 heterocycles. The summed E-state index contributed by atoms with van der Waals surface area (Å²) in [4.78, 5) is 36.4. The van der Waals surface area contributed by atoms with Gasteiger partial charge in [-0.2, -0.15) is 0 Å². The molecule has 0 aliphatic rings. The Morgan fingerprint density at radius 2 is 1.47 bits per heavy atom. The van der Waals surface area contributed by atoms with Crippen LogP contribution in [0.15, 0.2) is 83.3 Å². The Bertz CT molecular complexity index is 1040. The Morgan fingerprint density at radius 3 is 2.20 bits per heavy atom. The predicted octanol–water partition coefficient (Wildman–Crippen LogP) is 3.66. The van der Waals surface area contributed by atoms with Gasteiger partial charge in [0.15, 0.2) is 6.61 Å². The van der Waals surface area contributed by atoms with Crippen molar-refractivity contribution in [1.29, 1.82) is 0 Å². The fourth-order valence-corrected chi connectivity index (χ4v) is 3.00. The number of hydrogen-bond acceptors (Lipinski definition) is 4. The van der Waals surface area contributed by atoms with Crippen LogP contribution in [-0.4, -0.2) is 24.4 Å². The molecule has 0 aliphatic carbocycles. The molecule has 0 fully saturated rings. The van der Waals surface area contributed by atoms with Crippen molar-refractivity contribution < 1.29 is 19.1 Å². The minimum Gasteiger partial charge on any atom is -0.452 e. The van der Waals surface area contributed by atoms with E-state index in [0.717, 1.165) is 15.6 Å². The molecule has 0 saturated heterocycles. The quantitative estimate of drug-likeness (QED) is 0.428. The van der Waals surface area contributed by atoms with Gasteiger partial charge >= 0.3 is 5.97 Å². The summed E-state index contributed by atoms with van der Waals surface area (Å²) in [5, 5.41) is 0. The van der Waals surface area contributed by atoms with E-state index in [1.165, 1.54) is 0 Å². The van der Waals surface area contributed by atoms with Crippen molar-refractivity contribution in [2.24, 2.45) is 0 Å². The van der Waals surface area contributed by atoms with Gasteiger partial charge in [0.2, 0.25) is 0 Å². The number of esters is 1. The number of hydrazine groups is 1. The van der Waals surface area contributed by atoms with Crippen LogP contribution in [0.1, 0.15) is 31.8 Å². The van der Waals surface area contributed by atoms with E-state index in [1.807, 2.05) is 42.5 Å². The summed E-state index contributed by atoms with van der Waals surface area (Å²) >= 11 is 3.28. The zero-order valence-corrected chi connectivity index (χ0v) is 17.5. The summed E-state index contributed by atoms with van der Waals surface area (Å²) in [5.41, 5.74) is 7.15. The number of benzene rings is 3. The van der Waals surface area contributed by atoms with Crippen LogP contribution in [0.2, 0.25) is 0 Å². The van der Waals surface area contributed by atoms with Gasteiger partial charge in [-0.05, 0) is 47.9 Å². The van der Waals surface area contributed by atoms with Crippen molar-refractivity contribution in [3.63, 3.8) is 0 Å². The molecule has 3 aromatic rings. The molecule has 7 heteroatoms. The topological polar surface area (TPSA) is 84.5 Å². The highest BCUT2D eigenvalue weighted by atomic mass is 79.9. The smallest absolute Gasteiger partial charge is 0.338 e. The van der Waals surface area contributed by atoms with Gasteiger partial charge in [-0.1, -0.05) is 64.5 Å². The zero-order chi connectivity index (χ0) is 21.3. The standard InChI is InChI=1S/C23H19BrN2O4/c24-19-12-10-17(11-13-19)22(28)26-25-21(27)15-30-23(29)20-9-5-4-8-18(20)14-16-6-2-1-3-7-16/h1-13H,14-15H2,(H,25,27)(H,26,28). The van der Waals surface area contributed by atoms with E-state index in [-0.39, 0.29) is 0 Å². The predicted molar refractivity (Wildman–Crippen MR) is 116 cm³/mol. The van der Waals surface area contributed by atoms with Gasteiger partial charge in [-0.3, -0.25) is 20.4 Å².